The van der Waals surface area contributed by atoms with Gasteiger partial charge >= 0.3 is 0 Å². The predicted octanol–water partition coefficient (Wildman–Crippen LogP) is 3.67. The van der Waals surface area contributed by atoms with E-state index in [9.17, 15) is 13.2 Å². The summed E-state index contributed by atoms with van der Waals surface area (Å²) in [6, 6.07) is 26.6. The number of rotatable bonds is 8. The minimum Gasteiger partial charge on any atom is -0.354 e. The zero-order valence-corrected chi connectivity index (χ0v) is 21.5. The molecule has 0 bridgehead atoms. The van der Waals surface area contributed by atoms with Crippen molar-refractivity contribution in [3.8, 4) is 0 Å². The van der Waals surface area contributed by atoms with Crippen LogP contribution in [0.25, 0.3) is 0 Å². The van der Waals surface area contributed by atoms with Crippen LogP contribution in [0.4, 0.5) is 0 Å². The summed E-state index contributed by atoms with van der Waals surface area (Å²) < 4.78 is 27.4. The first-order valence-corrected chi connectivity index (χ1v) is 13.1. The van der Waals surface area contributed by atoms with Crippen LogP contribution < -0.4 is 5.32 Å². The fourth-order valence-corrected chi connectivity index (χ4v) is 5.70. The van der Waals surface area contributed by atoms with Gasteiger partial charge in [-0.2, -0.15) is 4.31 Å². The summed E-state index contributed by atoms with van der Waals surface area (Å²) in [7, 11) is -3.47. The highest BCUT2D eigenvalue weighted by Gasteiger charge is 2.28. The van der Waals surface area contributed by atoms with Crippen LogP contribution in [-0.4, -0.2) is 62.8 Å². The third-order valence-corrected chi connectivity index (χ3v) is 8.16. The number of aryl methyl sites for hydroxylation is 1. The van der Waals surface area contributed by atoms with Crippen molar-refractivity contribution in [1.29, 1.82) is 0 Å². The second-order valence-electron chi connectivity index (χ2n) is 8.60. The number of halogens is 1. The average molecular weight is 514 g/mol. The lowest BCUT2D eigenvalue weighted by Crippen LogP contribution is -2.50. The van der Waals surface area contributed by atoms with Gasteiger partial charge in [-0.1, -0.05) is 78.4 Å². The fourth-order valence-electron chi connectivity index (χ4n) is 4.28. The van der Waals surface area contributed by atoms with Crippen molar-refractivity contribution in [2.45, 2.75) is 17.7 Å². The zero-order valence-electron chi connectivity index (χ0n) is 19.8. The monoisotopic (exact) mass is 513 g/mol. The van der Waals surface area contributed by atoms with E-state index in [4.69, 9.17) is 0 Å². The minimum atomic E-state index is -3.47. The number of carbonyl (C=O) groups excluding carboxylic acids is 1. The van der Waals surface area contributed by atoms with E-state index in [0.29, 0.717) is 44.2 Å². The maximum Gasteiger partial charge on any atom is 0.243 e. The Kier molecular flexibility index (Phi) is 9.46. The molecule has 1 aliphatic rings. The van der Waals surface area contributed by atoms with Gasteiger partial charge in [-0.25, -0.2) is 8.42 Å². The quantitative estimate of drug-likeness (QED) is 0.499. The van der Waals surface area contributed by atoms with Gasteiger partial charge in [0.05, 0.1) is 10.8 Å². The Morgan fingerprint density at radius 1 is 0.829 bits per heavy atom. The van der Waals surface area contributed by atoms with Crippen molar-refractivity contribution in [2.24, 2.45) is 0 Å². The molecule has 35 heavy (non-hydrogen) atoms. The normalized spacial score (nSPS) is 14.9. The molecule has 1 fully saturated rings. The molecule has 0 aromatic heterocycles. The highest BCUT2D eigenvalue weighted by atomic mass is 35.5. The van der Waals surface area contributed by atoms with Crippen LogP contribution in [0.15, 0.2) is 89.8 Å². The van der Waals surface area contributed by atoms with E-state index in [-0.39, 0.29) is 24.2 Å². The van der Waals surface area contributed by atoms with Crippen LogP contribution in [0.5, 0.6) is 0 Å². The summed E-state index contributed by atoms with van der Waals surface area (Å²) in [6.45, 7) is 5.31. The number of hydrogen-bond acceptors (Lipinski definition) is 4. The minimum absolute atomic E-state index is 0. The lowest BCUT2D eigenvalue weighted by Gasteiger charge is -2.34. The van der Waals surface area contributed by atoms with Gasteiger partial charge < -0.3 is 5.32 Å². The van der Waals surface area contributed by atoms with Crippen LogP contribution >= 0.6 is 12.4 Å². The Hall–Kier alpha value is -2.71. The first-order valence-electron chi connectivity index (χ1n) is 11.6. The third kappa shape index (κ3) is 6.70. The molecule has 1 saturated heterocycles. The van der Waals surface area contributed by atoms with E-state index in [1.54, 1.807) is 16.4 Å². The first-order chi connectivity index (χ1) is 16.4. The number of carbonyl (C=O) groups is 1. The van der Waals surface area contributed by atoms with Crippen molar-refractivity contribution >= 4 is 28.3 Å². The van der Waals surface area contributed by atoms with Crippen molar-refractivity contribution in [2.75, 3.05) is 39.3 Å². The Morgan fingerprint density at radius 2 is 1.34 bits per heavy atom. The molecule has 4 rings (SSSR count). The smallest absolute Gasteiger partial charge is 0.243 e. The molecule has 1 N–H and O–H groups in total. The molecule has 0 radical (unpaired) electrons. The largest absolute Gasteiger partial charge is 0.354 e. The molecule has 8 heteroatoms. The summed E-state index contributed by atoms with van der Waals surface area (Å²) in [5.41, 5.74) is 2.95. The van der Waals surface area contributed by atoms with E-state index < -0.39 is 10.0 Å². The van der Waals surface area contributed by atoms with Gasteiger partial charge in [0.25, 0.3) is 0 Å². The molecule has 0 saturated carbocycles. The Bertz CT molecular complexity index is 1140. The van der Waals surface area contributed by atoms with Crippen molar-refractivity contribution in [3.63, 3.8) is 0 Å². The second-order valence-corrected chi connectivity index (χ2v) is 10.5. The molecule has 3 aromatic rings. The second kappa shape index (κ2) is 12.3. The molecule has 3 aromatic carbocycles. The van der Waals surface area contributed by atoms with Crippen LogP contribution in [-0.2, 0) is 14.8 Å². The van der Waals surface area contributed by atoms with E-state index in [1.165, 1.54) is 0 Å². The summed E-state index contributed by atoms with van der Waals surface area (Å²) in [5.74, 6) is -0.392. The van der Waals surface area contributed by atoms with Crippen molar-refractivity contribution in [3.05, 3.63) is 102 Å². The molecule has 6 nitrogen and oxygen atoms in total. The molecule has 0 atom stereocenters. The maximum absolute atomic E-state index is 13.1. The number of piperazine rings is 1. The molecule has 1 heterocycles. The third-order valence-electron chi connectivity index (χ3n) is 6.25. The molecular weight excluding hydrogens is 482 g/mol. The average Bonchev–Trinajstić information content (AvgIpc) is 2.86. The van der Waals surface area contributed by atoms with Gasteiger partial charge in [-0.05, 0) is 30.2 Å². The molecule has 1 aliphatic heterocycles. The van der Waals surface area contributed by atoms with Gasteiger partial charge in [-0.15, -0.1) is 12.4 Å². The number of nitrogens with one attached hydrogen (secondary N) is 1. The molecule has 0 unspecified atom stereocenters. The SMILES string of the molecule is Cc1ccc(S(=O)(=O)N2CCN(CCNC(=O)C(c3ccccc3)c3ccccc3)CC2)cc1.Cl. The van der Waals surface area contributed by atoms with Crippen LogP contribution in [0.2, 0.25) is 0 Å². The molecule has 0 spiro atoms. The Morgan fingerprint density at radius 3 is 1.86 bits per heavy atom. The lowest BCUT2D eigenvalue weighted by atomic mass is 9.90. The van der Waals surface area contributed by atoms with E-state index in [1.807, 2.05) is 79.7 Å². The zero-order chi connectivity index (χ0) is 24.0. The molecular formula is C27H32ClN3O3S. The summed E-state index contributed by atoms with van der Waals surface area (Å²) in [6.07, 6.45) is 0. The number of nitrogens with zero attached hydrogens (tertiary/aromatic N) is 2. The predicted molar refractivity (Wildman–Crippen MR) is 141 cm³/mol. The van der Waals surface area contributed by atoms with Gasteiger partial charge in [0.15, 0.2) is 0 Å². The van der Waals surface area contributed by atoms with Gasteiger partial charge in [0.2, 0.25) is 15.9 Å². The van der Waals surface area contributed by atoms with Crippen LogP contribution in [0.3, 0.4) is 0 Å². The van der Waals surface area contributed by atoms with Gasteiger partial charge in [0, 0.05) is 39.3 Å². The van der Waals surface area contributed by atoms with Crippen LogP contribution in [0, 0.1) is 6.92 Å². The highest BCUT2D eigenvalue weighted by molar-refractivity contribution is 7.89. The molecule has 0 aliphatic carbocycles. The van der Waals surface area contributed by atoms with Gasteiger partial charge in [0.1, 0.15) is 0 Å². The summed E-state index contributed by atoms with van der Waals surface area (Å²) in [4.78, 5) is 15.7. The number of sulfonamides is 1. The standard InChI is InChI=1S/C27H31N3O3S.ClH/c1-22-12-14-25(15-13-22)34(32,33)30-20-18-29(19-21-30)17-16-28-27(31)26(23-8-4-2-5-9-23)24-10-6-3-7-11-24;/h2-15,26H,16-21H2,1H3,(H,28,31);1H. The topological polar surface area (TPSA) is 69.7 Å². The molecule has 1 amide bonds. The highest BCUT2D eigenvalue weighted by Crippen LogP contribution is 2.24. The first kappa shape index (κ1) is 26.9. The maximum atomic E-state index is 13.1. The van der Waals surface area contributed by atoms with E-state index in [2.05, 4.69) is 10.2 Å². The van der Waals surface area contributed by atoms with E-state index >= 15 is 0 Å². The van der Waals surface area contributed by atoms with Crippen molar-refractivity contribution in [1.82, 2.24) is 14.5 Å². The molecule has 186 valence electrons. The Labute approximate surface area is 214 Å². The number of hydrogen-bond donors (Lipinski definition) is 1. The van der Waals surface area contributed by atoms with Crippen LogP contribution in [0.1, 0.15) is 22.6 Å². The van der Waals surface area contributed by atoms with Gasteiger partial charge in [-0.3, -0.25) is 9.69 Å². The summed E-state index contributed by atoms with van der Waals surface area (Å²) >= 11 is 0. The fraction of sp³-hybridized carbons (Fsp3) is 0.296. The van der Waals surface area contributed by atoms with Crippen molar-refractivity contribution < 1.29 is 13.2 Å². The Balaban J connectivity index is 0.00000342. The number of amides is 1. The van der Waals surface area contributed by atoms with E-state index in [0.717, 1.165) is 16.7 Å². The summed E-state index contributed by atoms with van der Waals surface area (Å²) in [5, 5.41) is 3.09. The number of benzene rings is 3. The lowest BCUT2D eigenvalue weighted by molar-refractivity contribution is -0.121.